The van der Waals surface area contributed by atoms with E-state index in [-0.39, 0.29) is 5.91 Å². The Labute approximate surface area is 142 Å². The fourth-order valence-electron chi connectivity index (χ4n) is 2.20. The van der Waals surface area contributed by atoms with E-state index >= 15 is 0 Å². The number of hydrogen-bond acceptors (Lipinski definition) is 1. The molecule has 0 unspecified atom stereocenters. The molecule has 21 heavy (non-hydrogen) atoms. The number of aryl methyl sites for hydroxylation is 1. The number of nitrogens with one attached hydrogen (secondary N) is 1. The number of benzene rings is 2. The van der Waals surface area contributed by atoms with Crippen molar-refractivity contribution in [3.05, 3.63) is 62.0 Å². The van der Waals surface area contributed by atoms with Gasteiger partial charge in [0.25, 0.3) is 5.91 Å². The third kappa shape index (κ3) is 3.74. The molecule has 0 aliphatic carbocycles. The van der Waals surface area contributed by atoms with Crippen LogP contribution >= 0.6 is 31.9 Å². The lowest BCUT2D eigenvalue weighted by atomic mass is 9.98. The van der Waals surface area contributed by atoms with Gasteiger partial charge >= 0.3 is 0 Å². The van der Waals surface area contributed by atoms with Crippen molar-refractivity contribution in [2.75, 3.05) is 5.32 Å². The standard InChI is InChI=1S/C17H17Br2NO/c1-10(2)13-6-4-5-11(3)16(13)20-17(21)14-8-7-12(18)9-15(14)19/h4-10H,1-3H3,(H,20,21). The smallest absolute Gasteiger partial charge is 0.256 e. The molecule has 0 atom stereocenters. The zero-order valence-corrected chi connectivity index (χ0v) is 15.4. The Morgan fingerprint density at radius 1 is 1.14 bits per heavy atom. The summed E-state index contributed by atoms with van der Waals surface area (Å²) in [5, 5.41) is 3.05. The minimum atomic E-state index is -0.106. The highest BCUT2D eigenvalue weighted by Gasteiger charge is 2.15. The Bertz CT molecular complexity index is 680. The zero-order chi connectivity index (χ0) is 15.6. The fourth-order valence-corrected chi connectivity index (χ4v) is 3.42. The molecule has 2 nitrogen and oxygen atoms in total. The predicted molar refractivity (Wildman–Crippen MR) is 95.1 cm³/mol. The van der Waals surface area contributed by atoms with E-state index in [0.717, 1.165) is 25.8 Å². The normalized spacial score (nSPS) is 10.8. The Kier molecular flexibility index (Phi) is 5.22. The quantitative estimate of drug-likeness (QED) is 0.670. The molecule has 2 aromatic rings. The van der Waals surface area contributed by atoms with Gasteiger partial charge in [0.1, 0.15) is 0 Å². The maximum atomic E-state index is 12.5. The molecular formula is C17H17Br2NO. The van der Waals surface area contributed by atoms with Gasteiger partial charge in [-0.1, -0.05) is 48.0 Å². The summed E-state index contributed by atoms with van der Waals surface area (Å²) >= 11 is 6.83. The summed E-state index contributed by atoms with van der Waals surface area (Å²) in [5.74, 6) is 0.249. The summed E-state index contributed by atoms with van der Waals surface area (Å²) in [7, 11) is 0. The van der Waals surface area contributed by atoms with Gasteiger partial charge in [-0.3, -0.25) is 4.79 Å². The van der Waals surface area contributed by atoms with Crippen molar-refractivity contribution < 1.29 is 4.79 Å². The first-order chi connectivity index (χ1) is 9.90. The largest absolute Gasteiger partial charge is 0.321 e. The Hall–Kier alpha value is -1.13. The highest BCUT2D eigenvalue weighted by molar-refractivity contribution is 9.11. The van der Waals surface area contributed by atoms with Crippen LogP contribution in [0.4, 0.5) is 5.69 Å². The van der Waals surface area contributed by atoms with Crippen LogP contribution in [0.15, 0.2) is 45.3 Å². The molecule has 110 valence electrons. The number of amides is 1. The molecule has 0 saturated heterocycles. The molecule has 0 aliphatic heterocycles. The van der Waals surface area contributed by atoms with Gasteiger partial charge in [-0.25, -0.2) is 0 Å². The monoisotopic (exact) mass is 409 g/mol. The van der Waals surface area contributed by atoms with E-state index in [9.17, 15) is 4.79 Å². The summed E-state index contributed by atoms with van der Waals surface area (Å²) in [6.45, 7) is 6.26. The van der Waals surface area contributed by atoms with Gasteiger partial charge in [0.15, 0.2) is 0 Å². The number of halogens is 2. The second kappa shape index (κ2) is 6.75. The van der Waals surface area contributed by atoms with Crippen molar-refractivity contribution in [3.8, 4) is 0 Å². The van der Waals surface area contributed by atoms with Crippen LogP contribution < -0.4 is 5.32 Å². The van der Waals surface area contributed by atoms with Crippen LogP contribution in [0.2, 0.25) is 0 Å². The summed E-state index contributed by atoms with van der Waals surface area (Å²) in [5.41, 5.74) is 3.75. The maximum Gasteiger partial charge on any atom is 0.256 e. The molecule has 0 spiro atoms. The van der Waals surface area contributed by atoms with Crippen molar-refractivity contribution in [2.45, 2.75) is 26.7 Å². The summed E-state index contributed by atoms with van der Waals surface area (Å²) < 4.78 is 1.71. The van der Waals surface area contributed by atoms with Gasteiger partial charge in [-0.05, 0) is 58.1 Å². The average molecular weight is 411 g/mol. The van der Waals surface area contributed by atoms with Crippen LogP contribution in [0.25, 0.3) is 0 Å². The molecule has 0 heterocycles. The van der Waals surface area contributed by atoms with Crippen LogP contribution in [0, 0.1) is 6.92 Å². The van der Waals surface area contributed by atoms with E-state index < -0.39 is 0 Å². The van der Waals surface area contributed by atoms with Crippen LogP contribution in [-0.2, 0) is 0 Å². The molecule has 0 aliphatic rings. The van der Waals surface area contributed by atoms with Crippen molar-refractivity contribution in [1.29, 1.82) is 0 Å². The van der Waals surface area contributed by atoms with Crippen LogP contribution in [0.3, 0.4) is 0 Å². The molecule has 2 rings (SSSR count). The van der Waals surface area contributed by atoms with Gasteiger partial charge in [-0.2, -0.15) is 0 Å². The highest BCUT2D eigenvalue weighted by atomic mass is 79.9. The molecule has 4 heteroatoms. The Morgan fingerprint density at radius 3 is 2.48 bits per heavy atom. The molecule has 1 amide bonds. The summed E-state index contributed by atoms with van der Waals surface area (Å²) in [6, 6.07) is 11.6. The first-order valence-corrected chi connectivity index (χ1v) is 8.34. The number of carbonyl (C=O) groups excluding carboxylic acids is 1. The highest BCUT2D eigenvalue weighted by Crippen LogP contribution is 2.29. The second-order valence-electron chi connectivity index (χ2n) is 5.27. The number of para-hydroxylation sites is 1. The molecule has 0 aromatic heterocycles. The fraction of sp³-hybridized carbons (Fsp3) is 0.235. The van der Waals surface area contributed by atoms with E-state index in [1.165, 1.54) is 0 Å². The average Bonchev–Trinajstić information content (AvgIpc) is 2.40. The molecule has 1 N–H and O–H groups in total. The van der Waals surface area contributed by atoms with E-state index in [0.29, 0.717) is 11.5 Å². The maximum absolute atomic E-state index is 12.5. The predicted octanol–water partition coefficient (Wildman–Crippen LogP) is 5.90. The van der Waals surface area contributed by atoms with Crippen molar-refractivity contribution in [1.82, 2.24) is 0 Å². The third-order valence-corrected chi connectivity index (χ3v) is 4.49. The van der Waals surface area contributed by atoms with Crippen LogP contribution in [-0.4, -0.2) is 5.91 Å². The van der Waals surface area contributed by atoms with Gasteiger partial charge in [0.2, 0.25) is 0 Å². The topological polar surface area (TPSA) is 29.1 Å². The Balaban J connectivity index is 2.36. The first kappa shape index (κ1) is 16.2. The van der Waals surface area contributed by atoms with Gasteiger partial charge in [0, 0.05) is 14.6 Å². The first-order valence-electron chi connectivity index (χ1n) is 6.76. The second-order valence-corrected chi connectivity index (χ2v) is 7.04. The van der Waals surface area contributed by atoms with E-state index in [4.69, 9.17) is 0 Å². The molecule has 0 fully saturated rings. The van der Waals surface area contributed by atoms with E-state index in [1.807, 2.05) is 31.2 Å². The number of anilines is 1. The molecule has 0 saturated carbocycles. The third-order valence-electron chi connectivity index (χ3n) is 3.34. The van der Waals surface area contributed by atoms with Crippen molar-refractivity contribution in [3.63, 3.8) is 0 Å². The molecule has 0 radical (unpaired) electrons. The lowest BCUT2D eigenvalue weighted by Gasteiger charge is -2.17. The van der Waals surface area contributed by atoms with E-state index in [1.54, 1.807) is 6.07 Å². The number of rotatable bonds is 3. The number of hydrogen-bond donors (Lipinski definition) is 1. The van der Waals surface area contributed by atoms with Crippen LogP contribution in [0.1, 0.15) is 41.3 Å². The van der Waals surface area contributed by atoms with E-state index in [2.05, 4.69) is 57.1 Å². The summed E-state index contributed by atoms with van der Waals surface area (Å²) in [6.07, 6.45) is 0. The van der Waals surface area contributed by atoms with Gasteiger partial charge < -0.3 is 5.32 Å². The lowest BCUT2D eigenvalue weighted by Crippen LogP contribution is -2.15. The lowest BCUT2D eigenvalue weighted by molar-refractivity contribution is 0.102. The minimum absolute atomic E-state index is 0.106. The number of carbonyl (C=O) groups is 1. The molecule has 2 aromatic carbocycles. The zero-order valence-electron chi connectivity index (χ0n) is 12.2. The molecule has 0 bridgehead atoms. The Morgan fingerprint density at radius 2 is 1.86 bits per heavy atom. The van der Waals surface area contributed by atoms with Crippen molar-refractivity contribution in [2.24, 2.45) is 0 Å². The van der Waals surface area contributed by atoms with Gasteiger partial charge in [-0.15, -0.1) is 0 Å². The minimum Gasteiger partial charge on any atom is -0.321 e. The van der Waals surface area contributed by atoms with Crippen molar-refractivity contribution >= 4 is 43.5 Å². The van der Waals surface area contributed by atoms with Crippen LogP contribution in [0.5, 0.6) is 0 Å². The summed E-state index contributed by atoms with van der Waals surface area (Å²) in [4.78, 5) is 12.5. The van der Waals surface area contributed by atoms with Gasteiger partial charge in [0.05, 0.1) is 5.56 Å². The molecular weight excluding hydrogens is 394 g/mol. The SMILES string of the molecule is Cc1cccc(C(C)C)c1NC(=O)c1ccc(Br)cc1Br.